The fraction of sp³-hybridized carbons (Fsp3) is 0.300. The normalized spacial score (nSPS) is 10.8. The van der Waals surface area contributed by atoms with Crippen molar-refractivity contribution >= 4 is 11.1 Å². The van der Waals surface area contributed by atoms with Gasteiger partial charge in [-0.15, -0.1) is 0 Å². The van der Waals surface area contributed by atoms with Gasteiger partial charge in [-0.2, -0.15) is 0 Å². The van der Waals surface area contributed by atoms with Gasteiger partial charge in [-0.3, -0.25) is 0 Å². The van der Waals surface area contributed by atoms with Gasteiger partial charge < -0.3 is 4.42 Å². The fourth-order valence-corrected chi connectivity index (χ4v) is 1.19. The van der Waals surface area contributed by atoms with E-state index in [9.17, 15) is 0 Å². The Kier molecular flexibility index (Phi) is 1.82. The summed E-state index contributed by atoms with van der Waals surface area (Å²) in [4.78, 5) is 4.32. The van der Waals surface area contributed by atoms with Crippen LogP contribution in [0.15, 0.2) is 22.6 Å². The molecule has 0 saturated heterocycles. The highest BCUT2D eigenvalue weighted by Gasteiger charge is 2.02. The molecule has 0 bridgehead atoms. The first-order chi connectivity index (χ1) is 5.90. The van der Waals surface area contributed by atoms with E-state index in [1.54, 1.807) is 0 Å². The third kappa shape index (κ3) is 1.20. The van der Waals surface area contributed by atoms with Crippen LogP contribution in [0.25, 0.3) is 11.1 Å². The van der Waals surface area contributed by atoms with E-state index in [1.165, 1.54) is 0 Å². The predicted octanol–water partition coefficient (Wildman–Crippen LogP) is 2.58. The van der Waals surface area contributed by atoms with Gasteiger partial charge in [0.1, 0.15) is 5.52 Å². The first-order valence-corrected chi connectivity index (χ1v) is 4.15. The summed E-state index contributed by atoms with van der Waals surface area (Å²) in [5, 5.41) is 0. The molecule has 12 heavy (non-hydrogen) atoms. The molecule has 0 aliphatic carbocycles. The van der Waals surface area contributed by atoms with Crippen molar-refractivity contribution in [2.24, 2.45) is 0 Å². The second-order valence-electron chi connectivity index (χ2n) is 2.75. The Labute approximate surface area is 71.2 Å². The van der Waals surface area contributed by atoms with E-state index in [2.05, 4.69) is 18.0 Å². The number of oxazole rings is 1. The largest absolute Gasteiger partial charge is 0.441 e. The van der Waals surface area contributed by atoms with Gasteiger partial charge in [0.05, 0.1) is 0 Å². The molecule has 0 spiro atoms. The summed E-state index contributed by atoms with van der Waals surface area (Å²) < 4.78 is 5.47. The number of benzene rings is 1. The Morgan fingerprint density at radius 1 is 1.58 bits per heavy atom. The van der Waals surface area contributed by atoms with Gasteiger partial charge in [-0.05, 0) is 24.6 Å². The average molecular weight is 160 g/mol. The highest BCUT2D eigenvalue weighted by atomic mass is 16.3. The summed E-state index contributed by atoms with van der Waals surface area (Å²) >= 11 is 0. The average Bonchev–Trinajstić information content (AvgIpc) is 2.47. The number of hydrogen-bond donors (Lipinski definition) is 0. The summed E-state index contributed by atoms with van der Waals surface area (Å²) in [5.41, 5.74) is 1.76. The molecule has 0 N–H and O–H groups in total. The third-order valence-electron chi connectivity index (χ3n) is 1.74. The van der Waals surface area contributed by atoms with Crippen molar-refractivity contribution in [1.29, 1.82) is 0 Å². The molecule has 2 nitrogen and oxygen atoms in total. The van der Waals surface area contributed by atoms with E-state index in [-0.39, 0.29) is 0 Å². The Morgan fingerprint density at radius 2 is 2.50 bits per heavy atom. The molecule has 2 heteroatoms. The molecule has 0 aliphatic rings. The van der Waals surface area contributed by atoms with Crippen molar-refractivity contribution in [3.8, 4) is 0 Å². The van der Waals surface area contributed by atoms with Gasteiger partial charge in [0, 0.05) is 6.42 Å². The van der Waals surface area contributed by atoms with Crippen molar-refractivity contribution in [2.75, 3.05) is 0 Å². The standard InChI is InChI=1S/C10H10NO/c1-2-5-10-11-8-6-3-4-7-9(8)12-10/h3,6-7H,2,5H2,1H3. The highest BCUT2D eigenvalue weighted by molar-refractivity contribution is 5.71. The number of aryl methyl sites for hydroxylation is 1. The summed E-state index contributed by atoms with van der Waals surface area (Å²) in [6.07, 6.45) is 1.98. The molecular formula is C10H10NO. The highest BCUT2D eigenvalue weighted by Crippen LogP contribution is 2.14. The predicted molar refractivity (Wildman–Crippen MR) is 46.8 cm³/mol. The Balaban J connectivity index is 2.47. The Morgan fingerprint density at radius 3 is 3.25 bits per heavy atom. The van der Waals surface area contributed by atoms with E-state index in [0.717, 1.165) is 29.8 Å². The van der Waals surface area contributed by atoms with Crippen LogP contribution in [0.1, 0.15) is 19.2 Å². The van der Waals surface area contributed by atoms with Crippen LogP contribution in [-0.2, 0) is 6.42 Å². The van der Waals surface area contributed by atoms with E-state index in [1.807, 2.05) is 18.2 Å². The van der Waals surface area contributed by atoms with Gasteiger partial charge in [0.25, 0.3) is 0 Å². The second-order valence-corrected chi connectivity index (χ2v) is 2.75. The molecule has 2 rings (SSSR count). The molecule has 0 atom stereocenters. The lowest BCUT2D eigenvalue weighted by Crippen LogP contribution is -1.79. The lowest BCUT2D eigenvalue weighted by atomic mass is 10.3. The maximum Gasteiger partial charge on any atom is 0.195 e. The number of hydrogen-bond acceptors (Lipinski definition) is 2. The maximum atomic E-state index is 5.47. The second kappa shape index (κ2) is 2.97. The molecular weight excluding hydrogens is 150 g/mol. The third-order valence-corrected chi connectivity index (χ3v) is 1.74. The van der Waals surface area contributed by atoms with Crippen molar-refractivity contribution in [1.82, 2.24) is 4.98 Å². The smallest absolute Gasteiger partial charge is 0.195 e. The van der Waals surface area contributed by atoms with Gasteiger partial charge in [0.15, 0.2) is 11.5 Å². The van der Waals surface area contributed by atoms with Crippen LogP contribution in [0, 0.1) is 6.07 Å². The van der Waals surface area contributed by atoms with E-state index >= 15 is 0 Å². The maximum absolute atomic E-state index is 5.47. The van der Waals surface area contributed by atoms with Crippen LogP contribution in [0.5, 0.6) is 0 Å². The van der Waals surface area contributed by atoms with Gasteiger partial charge in [-0.1, -0.05) is 13.0 Å². The van der Waals surface area contributed by atoms with Crippen molar-refractivity contribution in [2.45, 2.75) is 19.8 Å². The zero-order chi connectivity index (χ0) is 8.39. The molecule has 0 unspecified atom stereocenters. The van der Waals surface area contributed by atoms with Gasteiger partial charge >= 0.3 is 0 Å². The molecule has 2 aromatic rings. The lowest BCUT2D eigenvalue weighted by molar-refractivity contribution is 0.525. The van der Waals surface area contributed by atoms with Crippen molar-refractivity contribution in [3.63, 3.8) is 0 Å². The van der Waals surface area contributed by atoms with Crippen molar-refractivity contribution in [3.05, 3.63) is 30.2 Å². The Hall–Kier alpha value is -1.31. The number of rotatable bonds is 2. The SMILES string of the molecule is CCCc1nc2cc[c]cc2o1. The molecule has 1 aromatic heterocycles. The first kappa shape index (κ1) is 7.35. The zero-order valence-electron chi connectivity index (χ0n) is 7.00. The molecule has 0 saturated carbocycles. The minimum atomic E-state index is 0.826. The number of nitrogens with zero attached hydrogens (tertiary/aromatic N) is 1. The molecule has 0 aliphatic heterocycles. The van der Waals surface area contributed by atoms with Gasteiger partial charge in [0.2, 0.25) is 0 Å². The fourth-order valence-electron chi connectivity index (χ4n) is 1.19. The van der Waals surface area contributed by atoms with E-state index in [0.29, 0.717) is 0 Å². The lowest BCUT2D eigenvalue weighted by Gasteiger charge is -1.85. The summed E-state index contributed by atoms with van der Waals surface area (Å²) in [5.74, 6) is 0.826. The monoisotopic (exact) mass is 160 g/mol. The van der Waals surface area contributed by atoms with E-state index < -0.39 is 0 Å². The van der Waals surface area contributed by atoms with Crippen LogP contribution in [-0.4, -0.2) is 4.98 Å². The summed E-state index contributed by atoms with van der Waals surface area (Å²) in [6.45, 7) is 2.11. The van der Waals surface area contributed by atoms with Crippen LogP contribution >= 0.6 is 0 Å². The van der Waals surface area contributed by atoms with Crippen molar-refractivity contribution < 1.29 is 4.42 Å². The van der Waals surface area contributed by atoms with E-state index in [4.69, 9.17) is 4.42 Å². The summed E-state index contributed by atoms with van der Waals surface area (Å²) in [6, 6.07) is 8.54. The van der Waals surface area contributed by atoms with Crippen LogP contribution in [0.2, 0.25) is 0 Å². The molecule has 1 heterocycles. The van der Waals surface area contributed by atoms with Crippen LogP contribution in [0.3, 0.4) is 0 Å². The molecule has 0 amide bonds. The minimum Gasteiger partial charge on any atom is -0.441 e. The topological polar surface area (TPSA) is 26.0 Å². The summed E-state index contributed by atoms with van der Waals surface area (Å²) in [7, 11) is 0. The number of aromatic nitrogens is 1. The van der Waals surface area contributed by atoms with Crippen LogP contribution < -0.4 is 0 Å². The molecule has 1 aromatic carbocycles. The van der Waals surface area contributed by atoms with Gasteiger partial charge in [-0.25, -0.2) is 4.98 Å². The zero-order valence-corrected chi connectivity index (χ0v) is 7.00. The van der Waals surface area contributed by atoms with Crippen LogP contribution in [0.4, 0.5) is 0 Å². The first-order valence-electron chi connectivity index (χ1n) is 4.15. The molecule has 61 valence electrons. The number of fused-ring (bicyclic) bond motifs is 1. The molecule has 1 radical (unpaired) electrons. The Bertz CT molecular complexity index is 345. The molecule has 0 fully saturated rings. The quantitative estimate of drug-likeness (QED) is 0.674. The minimum absolute atomic E-state index is 0.826.